The first-order valence-electron chi connectivity index (χ1n) is 11.8. The van der Waals surface area contributed by atoms with E-state index in [1.807, 2.05) is 49.9 Å². The molecular weight excluding hydrogens is 448 g/mol. The molecule has 0 N–H and O–H groups in total. The van der Waals surface area contributed by atoms with Gasteiger partial charge in [0.2, 0.25) is 11.4 Å². The fourth-order valence-corrected chi connectivity index (χ4v) is 4.08. The summed E-state index contributed by atoms with van der Waals surface area (Å²) >= 11 is 0. The number of aliphatic imine (C=N–C) groups is 1. The number of allylic oxidation sites excluding steroid dienone is 1. The van der Waals surface area contributed by atoms with Gasteiger partial charge in [-0.25, -0.2) is 14.5 Å². The Kier molecular flexibility index (Phi) is 6.31. The van der Waals surface area contributed by atoms with Gasteiger partial charge in [0.1, 0.15) is 29.1 Å². The summed E-state index contributed by atoms with van der Waals surface area (Å²) in [6.45, 7) is 11.3. The zero-order valence-corrected chi connectivity index (χ0v) is 21.1. The topological polar surface area (TPSA) is 94.4 Å². The van der Waals surface area contributed by atoms with E-state index < -0.39 is 23.4 Å². The SMILES string of the molecule is CC(C)(C)OC(=O)N1CCCC(=CC2=C3CN(C(=O)OC(C)(C)C)c4ccccc4[N+]3C=N2)C1=O. The summed E-state index contributed by atoms with van der Waals surface area (Å²) in [6, 6.07) is 7.53. The van der Waals surface area contributed by atoms with E-state index in [0.717, 1.165) is 22.0 Å². The molecule has 3 aliphatic rings. The van der Waals surface area contributed by atoms with Crippen molar-refractivity contribution in [3.05, 3.63) is 47.3 Å². The molecule has 0 atom stereocenters. The van der Waals surface area contributed by atoms with Gasteiger partial charge in [0, 0.05) is 18.2 Å². The number of benzene rings is 1. The summed E-state index contributed by atoms with van der Waals surface area (Å²) in [5.41, 5.74) is 1.98. The number of hydrogen-bond acceptors (Lipinski definition) is 7. The first-order chi connectivity index (χ1) is 16.3. The van der Waals surface area contributed by atoms with Crippen molar-refractivity contribution in [2.75, 3.05) is 18.0 Å². The first-order valence-corrected chi connectivity index (χ1v) is 11.8. The molecule has 0 spiro atoms. The summed E-state index contributed by atoms with van der Waals surface area (Å²) in [6.07, 6.45) is 3.46. The van der Waals surface area contributed by atoms with Crippen LogP contribution in [-0.4, -0.2) is 53.6 Å². The van der Waals surface area contributed by atoms with Gasteiger partial charge in [-0.15, -0.1) is 0 Å². The Hall–Kier alpha value is -3.46. The number of amides is 3. The maximum Gasteiger partial charge on any atom is 0.417 e. The van der Waals surface area contributed by atoms with Crippen molar-refractivity contribution in [3.8, 4) is 0 Å². The fraction of sp³-hybridized carbons (Fsp3) is 0.462. The zero-order valence-electron chi connectivity index (χ0n) is 21.1. The summed E-state index contributed by atoms with van der Waals surface area (Å²) in [7, 11) is 0. The third kappa shape index (κ3) is 5.30. The minimum Gasteiger partial charge on any atom is -0.443 e. The number of ether oxygens (including phenoxy) is 2. The van der Waals surface area contributed by atoms with Crippen LogP contribution in [0.4, 0.5) is 21.0 Å². The number of para-hydroxylation sites is 2. The van der Waals surface area contributed by atoms with Crippen LogP contribution in [0.3, 0.4) is 0 Å². The Morgan fingerprint density at radius 2 is 1.63 bits per heavy atom. The van der Waals surface area contributed by atoms with E-state index in [1.165, 1.54) is 0 Å². The highest BCUT2D eigenvalue weighted by molar-refractivity contribution is 6.04. The predicted molar refractivity (Wildman–Crippen MR) is 133 cm³/mol. The molecule has 0 aliphatic carbocycles. The number of rotatable bonds is 1. The highest BCUT2D eigenvalue weighted by Gasteiger charge is 2.44. The molecule has 4 rings (SSSR count). The number of fused-ring (bicyclic) bond motifs is 3. The van der Waals surface area contributed by atoms with Gasteiger partial charge in [-0.3, -0.25) is 9.69 Å². The molecule has 1 aromatic carbocycles. The molecule has 35 heavy (non-hydrogen) atoms. The largest absolute Gasteiger partial charge is 0.443 e. The molecule has 0 unspecified atom stereocenters. The van der Waals surface area contributed by atoms with Gasteiger partial charge in [0.05, 0.1) is 0 Å². The highest BCUT2D eigenvalue weighted by atomic mass is 16.6. The Morgan fingerprint density at radius 3 is 2.29 bits per heavy atom. The number of anilines is 2. The second-order valence-corrected chi connectivity index (χ2v) is 10.7. The molecule has 1 fully saturated rings. The van der Waals surface area contributed by atoms with E-state index in [0.29, 0.717) is 30.7 Å². The van der Waals surface area contributed by atoms with Gasteiger partial charge in [-0.1, -0.05) is 12.1 Å². The van der Waals surface area contributed by atoms with Crippen LogP contribution < -0.4 is 9.80 Å². The van der Waals surface area contributed by atoms with Gasteiger partial charge in [0.25, 0.3) is 12.2 Å². The monoisotopic (exact) mass is 480 g/mol. The minimum atomic E-state index is -0.694. The van der Waals surface area contributed by atoms with Crippen molar-refractivity contribution < 1.29 is 23.9 Å². The molecule has 9 heteroatoms. The number of carbonyl (C=O) groups excluding carboxylic acids is 3. The molecule has 3 heterocycles. The van der Waals surface area contributed by atoms with Crippen LogP contribution in [0.1, 0.15) is 54.4 Å². The molecule has 9 nitrogen and oxygen atoms in total. The number of piperidine rings is 1. The third-order valence-corrected chi connectivity index (χ3v) is 5.53. The predicted octanol–water partition coefficient (Wildman–Crippen LogP) is 4.95. The van der Waals surface area contributed by atoms with Gasteiger partial charge in [-0.05, 0) is 71.4 Å². The summed E-state index contributed by atoms with van der Waals surface area (Å²) in [5, 5.41) is 0. The summed E-state index contributed by atoms with van der Waals surface area (Å²) in [5.74, 6) is -0.382. The van der Waals surface area contributed by atoms with Crippen molar-refractivity contribution in [1.82, 2.24) is 9.80 Å². The van der Waals surface area contributed by atoms with Gasteiger partial charge in [-0.2, -0.15) is 4.99 Å². The molecule has 0 aromatic heterocycles. The van der Waals surface area contributed by atoms with E-state index >= 15 is 0 Å². The van der Waals surface area contributed by atoms with Crippen molar-refractivity contribution in [1.29, 1.82) is 0 Å². The van der Waals surface area contributed by atoms with Crippen molar-refractivity contribution >= 4 is 35.8 Å². The van der Waals surface area contributed by atoms with Gasteiger partial charge >= 0.3 is 12.2 Å². The summed E-state index contributed by atoms with van der Waals surface area (Å²) in [4.78, 5) is 47.9. The molecule has 0 bridgehead atoms. The lowest BCUT2D eigenvalue weighted by molar-refractivity contribution is -0.127. The second-order valence-electron chi connectivity index (χ2n) is 10.7. The van der Waals surface area contributed by atoms with E-state index in [-0.39, 0.29) is 12.5 Å². The summed E-state index contributed by atoms with van der Waals surface area (Å²) < 4.78 is 11.0. The van der Waals surface area contributed by atoms with Crippen LogP contribution in [0.5, 0.6) is 0 Å². The number of nitrogens with zero attached hydrogens (tertiary/aromatic N) is 4. The Labute approximate surface area is 205 Å². The molecule has 1 radical (unpaired) electrons. The maximum absolute atomic E-state index is 13.1. The highest BCUT2D eigenvalue weighted by Crippen LogP contribution is 2.40. The van der Waals surface area contributed by atoms with Crippen molar-refractivity contribution in [2.45, 2.75) is 65.6 Å². The second kappa shape index (κ2) is 8.96. The van der Waals surface area contributed by atoms with E-state index in [9.17, 15) is 14.4 Å². The molecule has 185 valence electrons. The zero-order chi connectivity index (χ0) is 25.5. The molecule has 1 aromatic rings. The Balaban J connectivity index is 1.66. The van der Waals surface area contributed by atoms with Crippen molar-refractivity contribution in [2.24, 2.45) is 4.99 Å². The Bertz CT molecular complexity index is 1150. The number of hydrogen-bond donors (Lipinski definition) is 0. The molecule has 3 amide bonds. The number of imide groups is 1. The first kappa shape index (κ1) is 24.7. The van der Waals surface area contributed by atoms with Crippen LogP contribution >= 0.6 is 0 Å². The normalized spacial score (nSPS) is 19.7. The van der Waals surface area contributed by atoms with Crippen molar-refractivity contribution in [3.63, 3.8) is 0 Å². The smallest absolute Gasteiger partial charge is 0.417 e. The van der Waals surface area contributed by atoms with Crippen LogP contribution in [0.15, 0.2) is 52.3 Å². The number of carbonyl (C=O) groups is 3. The van der Waals surface area contributed by atoms with Gasteiger partial charge in [0.15, 0.2) is 0 Å². The van der Waals surface area contributed by atoms with E-state index in [4.69, 9.17) is 9.47 Å². The maximum atomic E-state index is 13.1. The molecule has 3 aliphatic heterocycles. The average Bonchev–Trinajstić information content (AvgIpc) is 3.15. The molecule has 0 saturated carbocycles. The van der Waals surface area contributed by atoms with E-state index in [1.54, 1.807) is 38.1 Å². The fourth-order valence-electron chi connectivity index (χ4n) is 4.08. The molecular formula is C26H32N4O5+. The van der Waals surface area contributed by atoms with E-state index in [2.05, 4.69) is 4.99 Å². The minimum absolute atomic E-state index is 0.231. The Morgan fingerprint density at radius 1 is 1.00 bits per heavy atom. The van der Waals surface area contributed by atoms with Crippen LogP contribution in [-0.2, 0) is 14.3 Å². The van der Waals surface area contributed by atoms with Crippen LogP contribution in [0, 0.1) is 0 Å². The molecule has 1 saturated heterocycles. The lowest BCUT2D eigenvalue weighted by Gasteiger charge is -2.30. The lowest BCUT2D eigenvalue weighted by atomic mass is 10.0. The van der Waals surface area contributed by atoms with Gasteiger partial charge < -0.3 is 9.47 Å². The average molecular weight is 481 g/mol. The van der Waals surface area contributed by atoms with Crippen LogP contribution in [0.2, 0.25) is 0 Å². The van der Waals surface area contributed by atoms with Crippen LogP contribution in [0.25, 0.3) is 0 Å². The third-order valence-electron chi connectivity index (χ3n) is 5.53. The lowest BCUT2D eigenvalue weighted by Crippen LogP contribution is -2.44. The number of likely N-dealkylation sites (tertiary alicyclic amines) is 1. The quantitative estimate of drug-likeness (QED) is 0.419. The standard InChI is InChI=1S/C26H32N4O5/c1-25(2,3)34-23(32)28-13-9-10-17(22(28)31)14-18-21-15-29(24(33)35-26(4,5)6)19-11-7-8-12-20(19)30(21)16-27-18/h7-8,11-12,14,16H,9-10,13,15H2,1-6H3/q+1.